The van der Waals surface area contributed by atoms with E-state index in [1.807, 2.05) is 25.1 Å². The van der Waals surface area contributed by atoms with E-state index in [-0.39, 0.29) is 0 Å². The first-order valence-corrected chi connectivity index (χ1v) is 7.31. The summed E-state index contributed by atoms with van der Waals surface area (Å²) in [4.78, 5) is 4.31. The van der Waals surface area contributed by atoms with Crippen molar-refractivity contribution in [3.05, 3.63) is 42.0 Å². The molecule has 1 heterocycles. The summed E-state index contributed by atoms with van der Waals surface area (Å²) in [5, 5.41) is 0. The fourth-order valence-corrected chi connectivity index (χ4v) is 2.06. The van der Waals surface area contributed by atoms with Gasteiger partial charge >= 0.3 is 0 Å². The summed E-state index contributed by atoms with van der Waals surface area (Å²) in [6.45, 7) is 6.76. The van der Waals surface area contributed by atoms with Crippen LogP contribution in [-0.4, -0.2) is 11.6 Å². The Morgan fingerprint density at radius 3 is 2.62 bits per heavy atom. The first kappa shape index (κ1) is 15.2. The van der Waals surface area contributed by atoms with E-state index in [1.54, 1.807) is 12.1 Å². The maximum Gasteiger partial charge on any atom is 0.240 e. The molecule has 21 heavy (non-hydrogen) atoms. The lowest BCUT2D eigenvalue weighted by atomic mass is 9.98. The van der Waals surface area contributed by atoms with Gasteiger partial charge in [0.15, 0.2) is 0 Å². The molecule has 112 valence electrons. The van der Waals surface area contributed by atoms with Gasteiger partial charge in [0.05, 0.1) is 12.3 Å². The van der Waals surface area contributed by atoms with Crippen LogP contribution in [0.4, 0.5) is 5.69 Å². The van der Waals surface area contributed by atoms with Gasteiger partial charge in [-0.3, -0.25) is 0 Å². The largest absolute Gasteiger partial charge is 0.476 e. The standard InChI is InChI=1S/C17H22N2O2/c1-4-12(3)13-8-6-7-9-15(13)21-16-11-10-14(18)17(19-16)20-5-2/h6-12H,4-5,18H2,1-3H3. The minimum atomic E-state index is 0.413. The molecule has 2 N–H and O–H groups in total. The number of benzene rings is 1. The van der Waals surface area contributed by atoms with Crippen molar-refractivity contribution in [1.29, 1.82) is 0 Å². The topological polar surface area (TPSA) is 57.4 Å². The van der Waals surface area contributed by atoms with Crippen molar-refractivity contribution in [3.8, 4) is 17.5 Å². The second kappa shape index (κ2) is 6.97. The van der Waals surface area contributed by atoms with Gasteiger partial charge in [0.25, 0.3) is 0 Å². The molecule has 0 aliphatic carbocycles. The Labute approximate surface area is 125 Å². The van der Waals surface area contributed by atoms with Gasteiger partial charge < -0.3 is 15.2 Å². The zero-order valence-electron chi connectivity index (χ0n) is 12.8. The maximum absolute atomic E-state index is 5.93. The van der Waals surface area contributed by atoms with Crippen LogP contribution in [0.25, 0.3) is 0 Å². The third kappa shape index (κ3) is 3.66. The van der Waals surface area contributed by atoms with Crippen LogP contribution in [0.1, 0.15) is 38.7 Å². The summed E-state index contributed by atoms with van der Waals surface area (Å²) in [6.07, 6.45) is 1.06. The molecule has 1 aromatic carbocycles. The predicted molar refractivity (Wildman–Crippen MR) is 85.0 cm³/mol. The van der Waals surface area contributed by atoms with Crippen molar-refractivity contribution in [3.63, 3.8) is 0 Å². The Morgan fingerprint density at radius 1 is 1.14 bits per heavy atom. The molecule has 0 radical (unpaired) electrons. The molecule has 0 saturated carbocycles. The molecular weight excluding hydrogens is 264 g/mol. The molecule has 0 spiro atoms. The van der Waals surface area contributed by atoms with E-state index >= 15 is 0 Å². The first-order chi connectivity index (χ1) is 10.2. The van der Waals surface area contributed by atoms with Crippen LogP contribution in [0.3, 0.4) is 0 Å². The van der Waals surface area contributed by atoms with Gasteiger partial charge in [0.1, 0.15) is 5.75 Å². The van der Waals surface area contributed by atoms with E-state index in [4.69, 9.17) is 15.2 Å². The Morgan fingerprint density at radius 2 is 1.90 bits per heavy atom. The van der Waals surface area contributed by atoms with Crippen molar-refractivity contribution in [2.75, 3.05) is 12.3 Å². The van der Waals surface area contributed by atoms with Gasteiger partial charge in [-0.2, -0.15) is 4.98 Å². The summed E-state index contributed by atoms with van der Waals surface area (Å²) in [5.41, 5.74) is 7.52. The Hall–Kier alpha value is -2.23. The zero-order valence-corrected chi connectivity index (χ0v) is 12.8. The van der Waals surface area contributed by atoms with E-state index < -0.39 is 0 Å². The summed E-state index contributed by atoms with van der Waals surface area (Å²) < 4.78 is 11.3. The lowest BCUT2D eigenvalue weighted by Gasteiger charge is -2.15. The van der Waals surface area contributed by atoms with E-state index in [1.165, 1.54) is 5.56 Å². The summed E-state index contributed by atoms with van der Waals surface area (Å²) in [5.74, 6) is 2.16. The monoisotopic (exact) mass is 286 g/mol. The number of rotatable bonds is 6. The number of nitrogens with two attached hydrogens (primary N) is 1. The number of hydrogen-bond donors (Lipinski definition) is 1. The SMILES string of the molecule is CCOc1nc(Oc2ccccc2C(C)CC)ccc1N. The molecule has 0 fully saturated rings. The van der Waals surface area contributed by atoms with Gasteiger partial charge in [0.2, 0.25) is 11.8 Å². The number of pyridine rings is 1. The molecule has 0 aliphatic rings. The molecule has 0 saturated heterocycles. The highest BCUT2D eigenvalue weighted by atomic mass is 16.5. The molecule has 1 unspecified atom stereocenters. The normalized spacial score (nSPS) is 12.0. The summed E-state index contributed by atoms with van der Waals surface area (Å²) in [6, 6.07) is 11.5. The van der Waals surface area contributed by atoms with E-state index in [9.17, 15) is 0 Å². The van der Waals surface area contributed by atoms with Crippen LogP contribution in [-0.2, 0) is 0 Å². The number of anilines is 1. The van der Waals surface area contributed by atoms with Gasteiger partial charge in [-0.05, 0) is 37.0 Å². The lowest BCUT2D eigenvalue weighted by Crippen LogP contribution is -2.01. The average molecular weight is 286 g/mol. The fraction of sp³-hybridized carbons (Fsp3) is 0.353. The highest BCUT2D eigenvalue weighted by Crippen LogP contribution is 2.32. The highest BCUT2D eigenvalue weighted by Gasteiger charge is 2.12. The van der Waals surface area contributed by atoms with Gasteiger partial charge in [-0.25, -0.2) is 0 Å². The second-order valence-corrected chi connectivity index (χ2v) is 4.93. The average Bonchev–Trinajstić information content (AvgIpc) is 2.50. The van der Waals surface area contributed by atoms with Crippen LogP contribution in [0.5, 0.6) is 17.5 Å². The minimum Gasteiger partial charge on any atom is -0.476 e. The first-order valence-electron chi connectivity index (χ1n) is 7.31. The Kier molecular flexibility index (Phi) is 5.04. The summed E-state index contributed by atoms with van der Waals surface area (Å²) in [7, 11) is 0. The smallest absolute Gasteiger partial charge is 0.240 e. The maximum atomic E-state index is 5.93. The number of hydrogen-bond acceptors (Lipinski definition) is 4. The number of nitrogens with zero attached hydrogens (tertiary/aromatic N) is 1. The number of ether oxygens (including phenoxy) is 2. The molecule has 0 bridgehead atoms. The van der Waals surface area contributed by atoms with Crippen LogP contribution < -0.4 is 15.2 Å². The second-order valence-electron chi connectivity index (χ2n) is 4.93. The molecule has 0 amide bonds. The minimum absolute atomic E-state index is 0.413. The van der Waals surface area contributed by atoms with Crippen molar-refractivity contribution < 1.29 is 9.47 Å². The highest BCUT2D eigenvalue weighted by molar-refractivity contribution is 5.50. The molecule has 1 aromatic heterocycles. The van der Waals surface area contributed by atoms with Gasteiger partial charge in [-0.15, -0.1) is 0 Å². The van der Waals surface area contributed by atoms with Crippen molar-refractivity contribution in [2.45, 2.75) is 33.1 Å². The zero-order chi connectivity index (χ0) is 15.2. The van der Waals surface area contributed by atoms with Gasteiger partial charge in [-0.1, -0.05) is 32.0 Å². The van der Waals surface area contributed by atoms with E-state index in [2.05, 4.69) is 24.9 Å². The molecule has 1 atom stereocenters. The van der Waals surface area contributed by atoms with E-state index in [0.29, 0.717) is 30.0 Å². The third-order valence-corrected chi connectivity index (χ3v) is 3.42. The van der Waals surface area contributed by atoms with Crippen LogP contribution >= 0.6 is 0 Å². The van der Waals surface area contributed by atoms with E-state index in [0.717, 1.165) is 12.2 Å². The molecule has 2 rings (SSSR count). The van der Waals surface area contributed by atoms with Crippen LogP contribution in [0.2, 0.25) is 0 Å². The Bertz CT molecular complexity index is 599. The van der Waals surface area contributed by atoms with Crippen molar-refractivity contribution in [1.82, 2.24) is 4.98 Å². The number of para-hydroxylation sites is 1. The number of aromatic nitrogens is 1. The van der Waals surface area contributed by atoms with Crippen LogP contribution in [0, 0.1) is 0 Å². The molecule has 4 heteroatoms. The molecule has 0 aliphatic heterocycles. The lowest BCUT2D eigenvalue weighted by molar-refractivity contribution is 0.322. The number of nitrogen functional groups attached to an aromatic ring is 1. The van der Waals surface area contributed by atoms with Gasteiger partial charge in [0, 0.05) is 6.07 Å². The molecular formula is C17H22N2O2. The van der Waals surface area contributed by atoms with Crippen LogP contribution in [0.15, 0.2) is 36.4 Å². The molecule has 4 nitrogen and oxygen atoms in total. The Balaban J connectivity index is 2.28. The molecule has 2 aromatic rings. The van der Waals surface area contributed by atoms with Crippen molar-refractivity contribution in [2.24, 2.45) is 0 Å². The summed E-state index contributed by atoms with van der Waals surface area (Å²) >= 11 is 0. The quantitative estimate of drug-likeness (QED) is 0.856. The predicted octanol–water partition coefficient (Wildman–Crippen LogP) is 4.37. The van der Waals surface area contributed by atoms with Crippen molar-refractivity contribution >= 4 is 5.69 Å². The third-order valence-electron chi connectivity index (χ3n) is 3.42. The fourth-order valence-electron chi connectivity index (χ4n) is 2.06.